The van der Waals surface area contributed by atoms with Gasteiger partial charge in [-0.3, -0.25) is 9.59 Å². The molecular formula is C19H19N3O3. The van der Waals surface area contributed by atoms with Crippen LogP contribution in [-0.2, 0) is 10.2 Å². The number of carbonyl (C=O) groups is 2. The second kappa shape index (κ2) is 5.58. The highest BCUT2D eigenvalue weighted by Crippen LogP contribution is 2.44. The number of anilines is 1. The van der Waals surface area contributed by atoms with E-state index in [1.165, 1.54) is 7.11 Å². The molecule has 0 radical (unpaired) electrons. The minimum Gasteiger partial charge on any atom is -0.494 e. The van der Waals surface area contributed by atoms with Gasteiger partial charge in [0, 0.05) is 25.0 Å². The molecule has 1 aromatic heterocycles. The van der Waals surface area contributed by atoms with Crippen LogP contribution in [0.3, 0.4) is 0 Å². The lowest BCUT2D eigenvalue weighted by molar-refractivity contribution is -0.120. The standard InChI is InChI=1S/C19H19N3O3/c1-12-9-15(25-2)16(20-10-12)17(23)22-8-7-19(11-22)13-5-3-4-6-14(13)21-18(19)24/h3-6,9-10H,7-8,11H2,1-2H3,(H,21,24). The molecule has 1 aromatic carbocycles. The molecule has 0 bridgehead atoms. The van der Waals surface area contributed by atoms with Crippen LogP contribution >= 0.6 is 0 Å². The molecule has 1 unspecified atom stereocenters. The monoisotopic (exact) mass is 337 g/mol. The second-order valence-corrected chi connectivity index (χ2v) is 6.62. The number of fused-ring (bicyclic) bond motifs is 2. The summed E-state index contributed by atoms with van der Waals surface area (Å²) in [5, 5.41) is 2.94. The summed E-state index contributed by atoms with van der Waals surface area (Å²) < 4.78 is 5.31. The number of aromatic nitrogens is 1. The SMILES string of the molecule is COc1cc(C)cnc1C(=O)N1CCC2(C1)C(=O)Nc1ccccc12. The first-order chi connectivity index (χ1) is 12.0. The van der Waals surface area contributed by atoms with Crippen molar-refractivity contribution in [2.75, 3.05) is 25.5 Å². The van der Waals surface area contributed by atoms with Gasteiger partial charge in [-0.1, -0.05) is 18.2 Å². The van der Waals surface area contributed by atoms with Crippen LogP contribution < -0.4 is 10.1 Å². The number of hydrogen-bond donors (Lipinski definition) is 1. The predicted octanol–water partition coefficient (Wildman–Crippen LogP) is 2.13. The summed E-state index contributed by atoms with van der Waals surface area (Å²) in [4.78, 5) is 31.5. The van der Waals surface area contributed by atoms with E-state index in [1.807, 2.05) is 31.2 Å². The van der Waals surface area contributed by atoms with Gasteiger partial charge in [-0.05, 0) is 36.6 Å². The molecule has 3 heterocycles. The van der Waals surface area contributed by atoms with Crippen molar-refractivity contribution in [1.82, 2.24) is 9.88 Å². The number of nitrogens with zero attached hydrogens (tertiary/aromatic N) is 2. The minimum absolute atomic E-state index is 0.0344. The van der Waals surface area contributed by atoms with Crippen LogP contribution in [0.15, 0.2) is 36.5 Å². The lowest BCUT2D eigenvalue weighted by Gasteiger charge is -2.22. The number of rotatable bonds is 2. The molecule has 25 heavy (non-hydrogen) atoms. The van der Waals surface area contributed by atoms with E-state index in [-0.39, 0.29) is 17.5 Å². The molecule has 2 aliphatic heterocycles. The molecule has 4 rings (SSSR count). The molecule has 1 saturated heterocycles. The Kier molecular flexibility index (Phi) is 3.49. The first-order valence-corrected chi connectivity index (χ1v) is 8.26. The molecule has 6 heteroatoms. The number of amides is 2. The Morgan fingerprint density at radius 3 is 2.96 bits per heavy atom. The van der Waals surface area contributed by atoms with E-state index in [4.69, 9.17) is 4.74 Å². The van der Waals surface area contributed by atoms with Crippen LogP contribution in [-0.4, -0.2) is 41.9 Å². The number of benzene rings is 1. The first kappa shape index (κ1) is 15.6. The maximum absolute atomic E-state index is 12.9. The summed E-state index contributed by atoms with van der Waals surface area (Å²) in [5.41, 5.74) is 2.36. The smallest absolute Gasteiger partial charge is 0.276 e. The molecule has 128 valence electrons. The number of carbonyl (C=O) groups excluding carboxylic acids is 2. The Morgan fingerprint density at radius 1 is 1.36 bits per heavy atom. The molecule has 0 aliphatic carbocycles. The van der Waals surface area contributed by atoms with Crippen LogP contribution in [0.4, 0.5) is 5.69 Å². The van der Waals surface area contributed by atoms with Crippen molar-refractivity contribution in [3.63, 3.8) is 0 Å². The van der Waals surface area contributed by atoms with Crippen molar-refractivity contribution in [1.29, 1.82) is 0 Å². The van der Waals surface area contributed by atoms with E-state index in [0.717, 1.165) is 16.8 Å². The summed E-state index contributed by atoms with van der Waals surface area (Å²) in [5.74, 6) is 0.223. The molecule has 0 saturated carbocycles. The van der Waals surface area contributed by atoms with Crippen LogP contribution in [0.25, 0.3) is 0 Å². The van der Waals surface area contributed by atoms with Crippen LogP contribution in [0.5, 0.6) is 5.75 Å². The fraction of sp³-hybridized carbons (Fsp3) is 0.316. The van der Waals surface area contributed by atoms with Crippen molar-refractivity contribution in [2.45, 2.75) is 18.8 Å². The predicted molar refractivity (Wildman–Crippen MR) is 92.8 cm³/mol. The van der Waals surface area contributed by atoms with Crippen molar-refractivity contribution in [3.05, 3.63) is 53.3 Å². The Labute approximate surface area is 145 Å². The zero-order valence-electron chi connectivity index (χ0n) is 14.2. The van der Waals surface area contributed by atoms with Gasteiger partial charge in [-0.2, -0.15) is 0 Å². The van der Waals surface area contributed by atoms with Crippen molar-refractivity contribution < 1.29 is 14.3 Å². The van der Waals surface area contributed by atoms with Gasteiger partial charge in [-0.15, -0.1) is 0 Å². The molecule has 1 spiro atoms. The van der Waals surface area contributed by atoms with Gasteiger partial charge in [-0.25, -0.2) is 4.98 Å². The number of hydrogen-bond acceptors (Lipinski definition) is 4. The fourth-order valence-corrected chi connectivity index (χ4v) is 3.77. The van der Waals surface area contributed by atoms with E-state index in [2.05, 4.69) is 10.3 Å². The molecular weight excluding hydrogens is 318 g/mol. The molecule has 2 aromatic rings. The van der Waals surface area contributed by atoms with Gasteiger partial charge < -0.3 is 15.0 Å². The van der Waals surface area contributed by atoms with Crippen molar-refractivity contribution in [2.24, 2.45) is 0 Å². The normalized spacial score (nSPS) is 21.4. The number of pyridine rings is 1. The zero-order chi connectivity index (χ0) is 17.6. The summed E-state index contributed by atoms with van der Waals surface area (Å²) in [7, 11) is 1.53. The van der Waals surface area contributed by atoms with E-state index < -0.39 is 5.41 Å². The fourth-order valence-electron chi connectivity index (χ4n) is 3.77. The van der Waals surface area contributed by atoms with E-state index >= 15 is 0 Å². The third kappa shape index (κ3) is 2.28. The molecule has 1 fully saturated rings. The average Bonchev–Trinajstić information content (AvgIpc) is 3.18. The van der Waals surface area contributed by atoms with Gasteiger partial charge in [0.1, 0.15) is 5.75 Å². The Bertz CT molecular complexity index is 880. The molecule has 6 nitrogen and oxygen atoms in total. The van der Waals surface area contributed by atoms with Crippen molar-refractivity contribution in [3.8, 4) is 5.75 Å². The van der Waals surface area contributed by atoms with Crippen LogP contribution in [0, 0.1) is 6.92 Å². The molecule has 1 N–H and O–H groups in total. The van der Waals surface area contributed by atoms with Crippen LogP contribution in [0.1, 0.15) is 28.0 Å². The molecule has 1 atom stereocenters. The minimum atomic E-state index is -0.663. The van der Waals surface area contributed by atoms with E-state index in [1.54, 1.807) is 17.2 Å². The lowest BCUT2D eigenvalue weighted by atomic mass is 9.81. The summed E-state index contributed by atoms with van der Waals surface area (Å²) in [6.45, 7) is 2.76. The Morgan fingerprint density at radius 2 is 2.16 bits per heavy atom. The number of para-hydroxylation sites is 1. The third-order valence-electron chi connectivity index (χ3n) is 5.09. The highest BCUT2D eigenvalue weighted by atomic mass is 16.5. The summed E-state index contributed by atoms with van der Waals surface area (Å²) in [6, 6.07) is 9.49. The van der Waals surface area contributed by atoms with Gasteiger partial charge in [0.2, 0.25) is 5.91 Å². The van der Waals surface area contributed by atoms with Gasteiger partial charge in [0.15, 0.2) is 5.69 Å². The average molecular weight is 337 g/mol. The summed E-state index contributed by atoms with van der Waals surface area (Å²) in [6.07, 6.45) is 2.26. The maximum atomic E-state index is 12.9. The molecule has 2 aliphatic rings. The topological polar surface area (TPSA) is 71.5 Å². The third-order valence-corrected chi connectivity index (χ3v) is 5.09. The largest absolute Gasteiger partial charge is 0.494 e. The zero-order valence-corrected chi connectivity index (χ0v) is 14.2. The van der Waals surface area contributed by atoms with Gasteiger partial charge >= 0.3 is 0 Å². The number of aryl methyl sites for hydroxylation is 1. The lowest BCUT2D eigenvalue weighted by Crippen LogP contribution is -2.39. The van der Waals surface area contributed by atoms with Crippen LogP contribution in [0.2, 0.25) is 0 Å². The quantitative estimate of drug-likeness (QED) is 0.911. The Hall–Kier alpha value is -2.89. The number of likely N-dealkylation sites (tertiary alicyclic amines) is 1. The number of methoxy groups -OCH3 is 1. The highest BCUT2D eigenvalue weighted by molar-refractivity contribution is 6.07. The summed E-state index contributed by atoms with van der Waals surface area (Å²) >= 11 is 0. The first-order valence-electron chi connectivity index (χ1n) is 8.26. The van der Waals surface area contributed by atoms with E-state index in [0.29, 0.717) is 25.3 Å². The van der Waals surface area contributed by atoms with E-state index in [9.17, 15) is 9.59 Å². The van der Waals surface area contributed by atoms with Gasteiger partial charge in [0.25, 0.3) is 5.91 Å². The van der Waals surface area contributed by atoms with Gasteiger partial charge in [0.05, 0.1) is 12.5 Å². The highest BCUT2D eigenvalue weighted by Gasteiger charge is 2.52. The maximum Gasteiger partial charge on any atom is 0.276 e. The number of ether oxygens (including phenoxy) is 1. The Balaban J connectivity index is 1.65. The second-order valence-electron chi connectivity index (χ2n) is 6.62. The molecule has 2 amide bonds. The van der Waals surface area contributed by atoms with Crippen molar-refractivity contribution >= 4 is 17.5 Å². The number of nitrogens with one attached hydrogen (secondary N) is 1.